The lowest BCUT2D eigenvalue weighted by Crippen LogP contribution is -2.36. The van der Waals surface area contributed by atoms with Crippen LogP contribution in [0.3, 0.4) is 0 Å². The maximum absolute atomic E-state index is 10.4. The Balaban J connectivity index is 0.000000231. The van der Waals surface area contributed by atoms with Gasteiger partial charge in [0.05, 0.1) is 23.0 Å². The van der Waals surface area contributed by atoms with Gasteiger partial charge >= 0.3 is 0 Å². The molecule has 0 aliphatic carbocycles. The van der Waals surface area contributed by atoms with Crippen LogP contribution in [-0.4, -0.2) is 42.4 Å². The third-order valence-electron chi connectivity index (χ3n) is 4.16. The average Bonchev–Trinajstić information content (AvgIpc) is 2.55. The van der Waals surface area contributed by atoms with E-state index in [4.69, 9.17) is 4.74 Å². The first-order valence-corrected chi connectivity index (χ1v) is 11.6. The van der Waals surface area contributed by atoms with Gasteiger partial charge in [-0.2, -0.15) is 0 Å². The SMILES string of the molecule is C=[S+](CC)(CC)C1CCCCO1.Cc1ccc(S(=O)(=O)[O-])cc1. The van der Waals surface area contributed by atoms with Gasteiger partial charge in [-0.25, -0.2) is 8.42 Å². The third kappa shape index (κ3) is 6.37. The van der Waals surface area contributed by atoms with E-state index in [2.05, 4.69) is 19.7 Å². The van der Waals surface area contributed by atoms with Crippen LogP contribution >= 0.6 is 0 Å². The molecule has 0 bridgehead atoms. The van der Waals surface area contributed by atoms with Crippen molar-refractivity contribution in [2.75, 3.05) is 18.1 Å². The third-order valence-corrected chi connectivity index (χ3v) is 8.79. The molecule has 0 N–H and O–H groups in total. The van der Waals surface area contributed by atoms with Crippen molar-refractivity contribution in [2.24, 2.45) is 0 Å². The minimum atomic E-state index is -4.27. The van der Waals surface area contributed by atoms with Crippen LogP contribution in [0.4, 0.5) is 0 Å². The minimum Gasteiger partial charge on any atom is -0.744 e. The van der Waals surface area contributed by atoms with E-state index < -0.39 is 19.7 Å². The summed E-state index contributed by atoms with van der Waals surface area (Å²) in [7, 11) is -4.96. The van der Waals surface area contributed by atoms with Crippen molar-refractivity contribution in [3.05, 3.63) is 29.8 Å². The molecule has 1 aromatic carbocycles. The molecule has 23 heavy (non-hydrogen) atoms. The summed E-state index contributed by atoms with van der Waals surface area (Å²) >= 11 is 0. The molecular weight excluding hydrogens is 332 g/mol. The molecule has 0 aromatic heterocycles. The van der Waals surface area contributed by atoms with Crippen LogP contribution in [0, 0.1) is 6.92 Å². The Labute approximate surface area is 141 Å². The van der Waals surface area contributed by atoms with Crippen LogP contribution < -0.4 is 0 Å². The fraction of sp³-hybridized carbons (Fsp3) is 0.588. The fourth-order valence-corrected chi connectivity index (χ4v) is 5.06. The van der Waals surface area contributed by atoms with E-state index in [1.165, 1.54) is 42.9 Å². The van der Waals surface area contributed by atoms with Crippen LogP contribution in [0.25, 0.3) is 0 Å². The Kier molecular flexibility index (Phi) is 7.94. The van der Waals surface area contributed by atoms with E-state index in [0.717, 1.165) is 12.2 Å². The zero-order chi connectivity index (χ0) is 17.5. The maximum atomic E-state index is 10.4. The maximum Gasteiger partial charge on any atom is 0.184 e. The van der Waals surface area contributed by atoms with Crippen LogP contribution in [0.1, 0.15) is 38.7 Å². The number of rotatable bonds is 4. The highest BCUT2D eigenvalue weighted by atomic mass is 32.2. The van der Waals surface area contributed by atoms with Crippen molar-refractivity contribution in [3.63, 3.8) is 0 Å². The van der Waals surface area contributed by atoms with Gasteiger partial charge in [0.15, 0.2) is 5.44 Å². The largest absolute Gasteiger partial charge is 0.744 e. The van der Waals surface area contributed by atoms with Gasteiger partial charge in [-0.15, -0.1) is 9.62 Å². The lowest BCUT2D eigenvalue weighted by Gasteiger charge is -2.29. The summed E-state index contributed by atoms with van der Waals surface area (Å²) in [6.45, 7) is 7.30. The molecule has 2 rings (SSSR count). The lowest BCUT2D eigenvalue weighted by atomic mass is 10.2. The first kappa shape index (κ1) is 20.4. The highest BCUT2D eigenvalue weighted by molar-refractivity contribution is 8.11. The predicted molar refractivity (Wildman–Crippen MR) is 98.3 cm³/mol. The molecule has 0 saturated carbocycles. The monoisotopic (exact) mass is 360 g/mol. The molecule has 1 heterocycles. The molecule has 1 aliphatic rings. The van der Waals surface area contributed by atoms with E-state index in [9.17, 15) is 13.0 Å². The topological polar surface area (TPSA) is 66.4 Å². The van der Waals surface area contributed by atoms with Gasteiger partial charge in [0, 0.05) is 12.3 Å². The summed E-state index contributed by atoms with van der Waals surface area (Å²) < 4.78 is 37.0. The summed E-state index contributed by atoms with van der Waals surface area (Å²) in [6, 6.07) is 5.78. The second-order valence-corrected chi connectivity index (χ2v) is 11.0. The Morgan fingerprint density at radius 1 is 1.22 bits per heavy atom. The Hall–Kier alpha value is -0.690. The van der Waals surface area contributed by atoms with Crippen LogP contribution in [0.5, 0.6) is 0 Å². The van der Waals surface area contributed by atoms with E-state index in [-0.39, 0.29) is 4.90 Å². The summed E-state index contributed by atoms with van der Waals surface area (Å²) in [5.74, 6) is 6.82. The van der Waals surface area contributed by atoms with E-state index in [0.29, 0.717) is 5.44 Å². The molecule has 0 spiro atoms. The molecule has 6 heteroatoms. The molecule has 1 aliphatic heterocycles. The molecule has 1 aromatic rings. The van der Waals surface area contributed by atoms with Crippen molar-refractivity contribution in [1.29, 1.82) is 0 Å². The summed E-state index contributed by atoms with van der Waals surface area (Å²) in [4.78, 5) is -0.178. The van der Waals surface area contributed by atoms with Gasteiger partial charge in [0.1, 0.15) is 10.1 Å². The molecule has 1 fully saturated rings. The minimum absolute atomic E-state index is 0.178. The molecule has 4 nitrogen and oxygen atoms in total. The fourth-order valence-electron chi connectivity index (χ4n) is 2.39. The normalized spacial score (nSPS) is 18.9. The summed E-state index contributed by atoms with van der Waals surface area (Å²) in [5, 5.41) is 0. The van der Waals surface area contributed by atoms with E-state index >= 15 is 0 Å². The van der Waals surface area contributed by atoms with Crippen molar-refractivity contribution in [3.8, 4) is 0 Å². The average molecular weight is 361 g/mol. The van der Waals surface area contributed by atoms with Crippen LogP contribution in [0.15, 0.2) is 29.2 Å². The summed E-state index contributed by atoms with van der Waals surface area (Å²) in [5.41, 5.74) is 1.43. The zero-order valence-electron chi connectivity index (χ0n) is 14.3. The van der Waals surface area contributed by atoms with Crippen molar-refractivity contribution >= 4 is 25.6 Å². The number of hydrogen-bond acceptors (Lipinski definition) is 4. The Morgan fingerprint density at radius 3 is 2.17 bits per heavy atom. The van der Waals surface area contributed by atoms with Crippen molar-refractivity contribution < 1.29 is 17.7 Å². The lowest BCUT2D eigenvalue weighted by molar-refractivity contribution is 0.0702. The highest BCUT2D eigenvalue weighted by Gasteiger charge is 2.30. The standard InChI is InChI=1S/C10H21OS.C7H8O3S/c1-4-12(3,5-2)10-8-6-7-9-11-10;1-6-2-4-7(5-3-6)11(8,9)10/h10H,3-9H2,1-2H3;2-5H,1H3,(H,8,9,10)/q+1;/p-1. The predicted octanol–water partition coefficient (Wildman–Crippen LogP) is 3.04. The Bertz CT molecular complexity index is 606. The molecule has 0 amide bonds. The van der Waals surface area contributed by atoms with Crippen molar-refractivity contribution in [2.45, 2.75) is 50.4 Å². The molecule has 0 radical (unpaired) electrons. The van der Waals surface area contributed by atoms with Crippen LogP contribution in [0.2, 0.25) is 0 Å². The number of ether oxygens (including phenoxy) is 1. The van der Waals surface area contributed by atoms with Gasteiger partial charge in [0.2, 0.25) is 0 Å². The zero-order valence-corrected chi connectivity index (χ0v) is 15.9. The number of benzene rings is 1. The number of hydrogen-bond donors (Lipinski definition) is 0. The van der Waals surface area contributed by atoms with Gasteiger partial charge in [0.25, 0.3) is 0 Å². The van der Waals surface area contributed by atoms with Gasteiger partial charge < -0.3 is 9.29 Å². The first-order chi connectivity index (χ1) is 10.7. The molecule has 132 valence electrons. The first-order valence-electron chi connectivity index (χ1n) is 7.97. The molecule has 1 unspecified atom stereocenters. The smallest absolute Gasteiger partial charge is 0.184 e. The van der Waals surface area contributed by atoms with Gasteiger partial charge in [-0.05, 0) is 45.7 Å². The van der Waals surface area contributed by atoms with Gasteiger partial charge in [-0.3, -0.25) is 0 Å². The Morgan fingerprint density at radius 2 is 1.78 bits per heavy atom. The number of aryl methyl sites for hydroxylation is 1. The second-order valence-electron chi connectivity index (χ2n) is 5.75. The van der Waals surface area contributed by atoms with Gasteiger partial charge in [-0.1, -0.05) is 17.7 Å². The quantitative estimate of drug-likeness (QED) is 0.470. The summed E-state index contributed by atoms with van der Waals surface area (Å²) in [6.07, 6.45) is 3.84. The van der Waals surface area contributed by atoms with Crippen molar-refractivity contribution in [1.82, 2.24) is 0 Å². The van der Waals surface area contributed by atoms with E-state index in [1.807, 2.05) is 6.92 Å². The molecule has 1 atom stereocenters. The van der Waals surface area contributed by atoms with Crippen LogP contribution in [-0.2, 0) is 24.5 Å². The molecular formula is C17H28O4S2. The molecule has 1 saturated heterocycles. The van der Waals surface area contributed by atoms with E-state index in [1.54, 1.807) is 12.1 Å². The second kappa shape index (κ2) is 8.97. The highest BCUT2D eigenvalue weighted by Crippen LogP contribution is 2.23.